The lowest BCUT2D eigenvalue weighted by atomic mass is 10.2. The molecule has 0 N–H and O–H groups in total. The quantitative estimate of drug-likeness (QED) is 0.513. The third kappa shape index (κ3) is 2.53. The Balaban J connectivity index is 2.54. The Morgan fingerprint density at radius 1 is 1.36 bits per heavy atom. The molecule has 2 unspecified atom stereocenters. The molecule has 0 bridgehead atoms. The predicted octanol–water partition coefficient (Wildman–Crippen LogP) is 2.00. The molecule has 64 valence electrons. The van der Waals surface area contributed by atoms with Crippen LogP contribution in [0, 0.1) is 0 Å². The molecule has 1 rings (SSSR count). The minimum absolute atomic E-state index is 0.699. The zero-order valence-electron chi connectivity index (χ0n) is 7.58. The van der Waals surface area contributed by atoms with E-state index in [1.807, 2.05) is 11.8 Å². The van der Waals surface area contributed by atoms with E-state index in [1.54, 1.807) is 0 Å². The van der Waals surface area contributed by atoms with Crippen molar-refractivity contribution in [1.29, 1.82) is 0 Å². The maximum Gasteiger partial charge on any atom is 0.0184 e. The van der Waals surface area contributed by atoms with E-state index in [-0.39, 0.29) is 0 Å². The summed E-state index contributed by atoms with van der Waals surface area (Å²) < 4.78 is 0. The van der Waals surface area contributed by atoms with Gasteiger partial charge >= 0.3 is 0 Å². The molecular formula is C9H17NS. The van der Waals surface area contributed by atoms with Crippen LogP contribution in [0.25, 0.3) is 0 Å². The average molecular weight is 171 g/mol. The number of nitrogens with zero attached hydrogens (tertiary/aromatic N) is 1. The highest BCUT2D eigenvalue weighted by Gasteiger charge is 2.16. The Bertz CT molecular complexity index is 144. The Labute approximate surface area is 73.8 Å². The van der Waals surface area contributed by atoms with Crippen molar-refractivity contribution in [2.75, 3.05) is 19.3 Å². The Morgan fingerprint density at radius 2 is 2.09 bits per heavy atom. The summed E-state index contributed by atoms with van der Waals surface area (Å²) in [4.78, 5) is 2.40. The summed E-state index contributed by atoms with van der Waals surface area (Å²) in [5.41, 5.74) is 0. The number of rotatable bonds is 0. The van der Waals surface area contributed by atoms with Gasteiger partial charge in [0.2, 0.25) is 0 Å². The molecule has 0 saturated carbocycles. The summed E-state index contributed by atoms with van der Waals surface area (Å²) >= 11 is 2.04. The first-order valence-corrected chi connectivity index (χ1v) is 5.23. The lowest BCUT2D eigenvalue weighted by molar-refractivity contribution is 0.282. The van der Waals surface area contributed by atoms with E-state index in [9.17, 15) is 0 Å². The first-order valence-electron chi connectivity index (χ1n) is 4.18. The standard InChI is InChI=1S/C9H17NS/c1-8-9(2)11-7-5-4-6-10(8)3/h4-5,8-9H,6-7H2,1-3H3. The fourth-order valence-electron chi connectivity index (χ4n) is 1.18. The Morgan fingerprint density at radius 3 is 2.82 bits per heavy atom. The second-order valence-electron chi connectivity index (χ2n) is 3.19. The maximum absolute atomic E-state index is 2.40. The van der Waals surface area contributed by atoms with Crippen molar-refractivity contribution in [1.82, 2.24) is 4.90 Å². The molecule has 2 heteroatoms. The lowest BCUT2D eigenvalue weighted by Crippen LogP contribution is -2.36. The van der Waals surface area contributed by atoms with E-state index >= 15 is 0 Å². The van der Waals surface area contributed by atoms with E-state index in [4.69, 9.17) is 0 Å². The summed E-state index contributed by atoms with van der Waals surface area (Å²) in [6.07, 6.45) is 4.53. The Hall–Kier alpha value is 0.0500. The van der Waals surface area contributed by atoms with E-state index in [2.05, 4.69) is 37.9 Å². The largest absolute Gasteiger partial charge is 0.299 e. The highest BCUT2D eigenvalue weighted by Crippen LogP contribution is 2.19. The van der Waals surface area contributed by atoms with Gasteiger partial charge in [-0.15, -0.1) is 0 Å². The van der Waals surface area contributed by atoms with Crippen molar-refractivity contribution >= 4 is 11.8 Å². The zero-order chi connectivity index (χ0) is 8.27. The highest BCUT2D eigenvalue weighted by atomic mass is 32.2. The first-order chi connectivity index (χ1) is 5.22. The summed E-state index contributed by atoms with van der Waals surface area (Å²) in [5, 5.41) is 0.755. The summed E-state index contributed by atoms with van der Waals surface area (Å²) in [5.74, 6) is 1.18. The van der Waals surface area contributed by atoms with Gasteiger partial charge in [0.25, 0.3) is 0 Å². The molecule has 1 heterocycles. The smallest absolute Gasteiger partial charge is 0.0184 e. The third-order valence-electron chi connectivity index (χ3n) is 2.39. The molecule has 0 aliphatic carbocycles. The lowest BCUT2D eigenvalue weighted by Gasteiger charge is -2.29. The van der Waals surface area contributed by atoms with Crippen LogP contribution < -0.4 is 0 Å². The van der Waals surface area contributed by atoms with Crippen LogP contribution >= 0.6 is 11.8 Å². The SMILES string of the molecule is CC1SCC=CCN(C)C1C. The van der Waals surface area contributed by atoms with Crippen LogP contribution in [-0.4, -0.2) is 35.5 Å². The molecule has 11 heavy (non-hydrogen) atoms. The van der Waals surface area contributed by atoms with Crippen LogP contribution in [0.2, 0.25) is 0 Å². The Kier molecular flexibility index (Phi) is 3.46. The van der Waals surface area contributed by atoms with Crippen molar-refractivity contribution in [2.24, 2.45) is 0 Å². The van der Waals surface area contributed by atoms with Gasteiger partial charge in [-0.2, -0.15) is 11.8 Å². The second kappa shape index (κ2) is 4.17. The van der Waals surface area contributed by atoms with Gasteiger partial charge in [-0.25, -0.2) is 0 Å². The maximum atomic E-state index is 2.40. The molecule has 1 aliphatic rings. The molecule has 0 radical (unpaired) electrons. The fourth-order valence-corrected chi connectivity index (χ4v) is 2.22. The number of hydrogen-bond donors (Lipinski definition) is 0. The zero-order valence-corrected chi connectivity index (χ0v) is 8.40. The van der Waals surface area contributed by atoms with E-state index in [1.165, 1.54) is 5.75 Å². The van der Waals surface area contributed by atoms with Crippen molar-refractivity contribution in [2.45, 2.75) is 25.1 Å². The van der Waals surface area contributed by atoms with Crippen LogP contribution in [0.1, 0.15) is 13.8 Å². The van der Waals surface area contributed by atoms with Gasteiger partial charge in [-0.1, -0.05) is 19.1 Å². The molecule has 2 atom stereocenters. The third-order valence-corrected chi connectivity index (χ3v) is 3.69. The van der Waals surface area contributed by atoms with Gasteiger partial charge in [-0.05, 0) is 14.0 Å². The van der Waals surface area contributed by atoms with Crippen LogP contribution in [0.5, 0.6) is 0 Å². The van der Waals surface area contributed by atoms with Gasteiger partial charge in [0, 0.05) is 23.6 Å². The van der Waals surface area contributed by atoms with Gasteiger partial charge < -0.3 is 0 Å². The normalized spacial score (nSPS) is 34.8. The van der Waals surface area contributed by atoms with E-state index in [0.717, 1.165) is 11.8 Å². The topological polar surface area (TPSA) is 3.24 Å². The number of hydrogen-bond acceptors (Lipinski definition) is 2. The van der Waals surface area contributed by atoms with Gasteiger partial charge in [0.15, 0.2) is 0 Å². The van der Waals surface area contributed by atoms with Crippen molar-refractivity contribution in [3.63, 3.8) is 0 Å². The van der Waals surface area contributed by atoms with Crippen molar-refractivity contribution < 1.29 is 0 Å². The fraction of sp³-hybridized carbons (Fsp3) is 0.778. The molecule has 1 aliphatic heterocycles. The van der Waals surface area contributed by atoms with E-state index < -0.39 is 0 Å². The molecule has 0 amide bonds. The number of thioether (sulfide) groups is 1. The van der Waals surface area contributed by atoms with Gasteiger partial charge in [0.05, 0.1) is 0 Å². The highest BCUT2D eigenvalue weighted by molar-refractivity contribution is 8.00. The van der Waals surface area contributed by atoms with Crippen molar-refractivity contribution in [3.8, 4) is 0 Å². The second-order valence-corrected chi connectivity index (χ2v) is 4.60. The monoisotopic (exact) mass is 171 g/mol. The molecule has 1 nitrogen and oxygen atoms in total. The molecule has 0 fully saturated rings. The van der Waals surface area contributed by atoms with Crippen LogP contribution in [-0.2, 0) is 0 Å². The minimum atomic E-state index is 0.699. The summed E-state index contributed by atoms with van der Waals surface area (Å²) in [7, 11) is 2.19. The molecule has 0 aromatic carbocycles. The van der Waals surface area contributed by atoms with Crippen molar-refractivity contribution in [3.05, 3.63) is 12.2 Å². The van der Waals surface area contributed by atoms with Crippen LogP contribution in [0.15, 0.2) is 12.2 Å². The summed E-state index contributed by atoms with van der Waals surface area (Å²) in [6, 6.07) is 0.699. The van der Waals surface area contributed by atoms with E-state index in [0.29, 0.717) is 6.04 Å². The molecule has 0 spiro atoms. The van der Waals surface area contributed by atoms with Crippen LogP contribution in [0.3, 0.4) is 0 Å². The van der Waals surface area contributed by atoms with Gasteiger partial charge in [0.1, 0.15) is 0 Å². The predicted molar refractivity (Wildman–Crippen MR) is 53.2 cm³/mol. The molecule has 0 aromatic rings. The number of likely N-dealkylation sites (N-methyl/N-ethyl adjacent to an activating group) is 1. The summed E-state index contributed by atoms with van der Waals surface area (Å²) in [6.45, 7) is 5.72. The minimum Gasteiger partial charge on any atom is -0.299 e. The average Bonchev–Trinajstić information content (AvgIpc) is 2.00. The molecule has 0 aromatic heterocycles. The molecular weight excluding hydrogens is 154 g/mol. The van der Waals surface area contributed by atoms with Crippen LogP contribution in [0.4, 0.5) is 0 Å². The molecule has 0 saturated heterocycles. The first kappa shape index (κ1) is 9.14. The van der Waals surface area contributed by atoms with Gasteiger partial charge in [-0.3, -0.25) is 4.90 Å².